The molecule has 1 unspecified atom stereocenters. The molecule has 0 heterocycles. The number of nitrogens with zero attached hydrogens (tertiary/aromatic N) is 1. The summed E-state index contributed by atoms with van der Waals surface area (Å²) >= 11 is 0. The number of hydrogen-bond acceptors (Lipinski definition) is 6. The van der Waals surface area contributed by atoms with Crippen LogP contribution >= 0.6 is 0 Å². The van der Waals surface area contributed by atoms with E-state index >= 15 is 0 Å². The summed E-state index contributed by atoms with van der Waals surface area (Å²) in [5.74, 6) is 2.02. The van der Waals surface area contributed by atoms with E-state index in [2.05, 4.69) is 18.0 Å². The Kier molecular flexibility index (Phi) is 10.0. The normalized spacial score (nSPS) is 13.0. The Morgan fingerprint density at radius 3 is 2.33 bits per heavy atom. The third-order valence-corrected chi connectivity index (χ3v) is 5.95. The van der Waals surface area contributed by atoms with E-state index in [-0.39, 0.29) is 12.1 Å². The second-order valence-electron chi connectivity index (χ2n) is 8.86. The van der Waals surface area contributed by atoms with E-state index in [0.29, 0.717) is 6.42 Å². The first-order chi connectivity index (χ1) is 15.7. The van der Waals surface area contributed by atoms with E-state index < -0.39 is 5.41 Å². The van der Waals surface area contributed by atoms with E-state index in [1.807, 2.05) is 57.2 Å². The zero-order chi connectivity index (χ0) is 24.4. The fourth-order valence-electron chi connectivity index (χ4n) is 3.85. The number of likely N-dealkylation sites (N-methyl/N-ethyl adjacent to an activating group) is 1. The molecular formula is C27H39NO5. The Labute approximate surface area is 198 Å². The van der Waals surface area contributed by atoms with Gasteiger partial charge in [0.1, 0.15) is 5.75 Å². The van der Waals surface area contributed by atoms with Crippen molar-refractivity contribution in [2.45, 2.75) is 51.6 Å². The maximum Gasteiger partial charge on any atom is 0.316 e. The Bertz CT molecular complexity index is 898. The minimum Gasteiger partial charge on any atom is -0.497 e. The molecule has 0 saturated heterocycles. The first-order valence-corrected chi connectivity index (χ1v) is 11.5. The third kappa shape index (κ3) is 7.39. The summed E-state index contributed by atoms with van der Waals surface area (Å²) in [4.78, 5) is 15.4. The molecule has 0 aliphatic carbocycles. The average molecular weight is 458 g/mol. The van der Waals surface area contributed by atoms with E-state index in [0.717, 1.165) is 48.7 Å². The van der Waals surface area contributed by atoms with Crippen LogP contribution in [0.1, 0.15) is 44.7 Å². The maximum atomic E-state index is 13.1. The summed E-state index contributed by atoms with van der Waals surface area (Å²) in [6.45, 7) is 7.51. The largest absolute Gasteiger partial charge is 0.497 e. The number of carbonyl (C=O) groups is 1. The van der Waals surface area contributed by atoms with Gasteiger partial charge in [-0.2, -0.15) is 0 Å². The number of carbonyl (C=O) groups excluding carboxylic acids is 1. The molecule has 0 spiro atoms. The minimum absolute atomic E-state index is 0.161. The van der Waals surface area contributed by atoms with Crippen LogP contribution in [-0.2, 0) is 21.4 Å². The summed E-state index contributed by atoms with van der Waals surface area (Å²) in [5, 5.41) is 0. The molecule has 0 amide bonds. The average Bonchev–Trinajstić information content (AvgIpc) is 2.81. The predicted molar refractivity (Wildman–Crippen MR) is 132 cm³/mol. The van der Waals surface area contributed by atoms with Gasteiger partial charge in [0.15, 0.2) is 11.5 Å². The molecule has 6 nitrogen and oxygen atoms in total. The number of ether oxygens (including phenoxy) is 4. The first-order valence-electron chi connectivity index (χ1n) is 11.5. The van der Waals surface area contributed by atoms with Gasteiger partial charge in [-0.1, -0.05) is 18.2 Å². The minimum atomic E-state index is -0.733. The molecule has 2 aromatic carbocycles. The Balaban J connectivity index is 2.00. The topological polar surface area (TPSA) is 57.2 Å². The summed E-state index contributed by atoms with van der Waals surface area (Å²) in [6, 6.07) is 13.7. The number of methoxy groups -OCH3 is 3. The van der Waals surface area contributed by atoms with Gasteiger partial charge in [-0.3, -0.25) is 4.79 Å². The molecule has 0 N–H and O–H groups in total. The van der Waals surface area contributed by atoms with Crippen molar-refractivity contribution in [3.05, 3.63) is 53.6 Å². The third-order valence-electron chi connectivity index (χ3n) is 5.95. The molecule has 0 bridgehead atoms. The van der Waals surface area contributed by atoms with Crippen LogP contribution < -0.4 is 14.2 Å². The molecule has 0 aliphatic heterocycles. The van der Waals surface area contributed by atoms with Gasteiger partial charge >= 0.3 is 5.97 Å². The highest BCUT2D eigenvalue weighted by atomic mass is 16.5. The second-order valence-corrected chi connectivity index (χ2v) is 8.86. The van der Waals surface area contributed by atoms with Crippen LogP contribution in [0, 0.1) is 0 Å². The fraction of sp³-hybridized carbons (Fsp3) is 0.519. The lowest BCUT2D eigenvalue weighted by molar-refractivity contribution is -0.154. The van der Waals surface area contributed by atoms with Crippen LogP contribution in [0.5, 0.6) is 17.2 Å². The van der Waals surface area contributed by atoms with Crippen LogP contribution in [-0.4, -0.2) is 58.4 Å². The number of hydrogen-bond donors (Lipinski definition) is 0. The molecule has 1 atom stereocenters. The lowest BCUT2D eigenvalue weighted by Gasteiger charge is -2.30. The highest BCUT2D eigenvalue weighted by Crippen LogP contribution is 2.33. The number of esters is 1. The molecule has 2 aromatic rings. The quantitative estimate of drug-likeness (QED) is 0.400. The zero-order valence-electron chi connectivity index (χ0n) is 21.1. The maximum absolute atomic E-state index is 13.1. The van der Waals surface area contributed by atoms with E-state index in [1.165, 1.54) is 5.56 Å². The standard InChI is InChI=1S/C27H39NO5/c1-20(2)33-26(29)27(3,22-10-8-11-23(19-22)30-5)15-9-16-28(4)17-14-21-12-13-24(31-6)25(18-21)32-7/h8,10-13,18-20H,9,14-17H2,1-7H3. The smallest absolute Gasteiger partial charge is 0.316 e. The molecular weight excluding hydrogens is 418 g/mol. The van der Waals surface area contributed by atoms with Gasteiger partial charge in [0.2, 0.25) is 0 Å². The molecule has 0 fully saturated rings. The van der Waals surface area contributed by atoms with Crippen molar-refractivity contribution in [1.82, 2.24) is 4.90 Å². The molecule has 0 saturated carbocycles. The predicted octanol–water partition coefficient (Wildman–Crippen LogP) is 4.88. The number of rotatable bonds is 13. The summed E-state index contributed by atoms with van der Waals surface area (Å²) in [7, 11) is 7.03. The molecule has 33 heavy (non-hydrogen) atoms. The monoisotopic (exact) mass is 457 g/mol. The summed E-state index contributed by atoms with van der Waals surface area (Å²) in [6.07, 6.45) is 2.29. The Morgan fingerprint density at radius 1 is 0.970 bits per heavy atom. The van der Waals surface area contributed by atoms with Gasteiger partial charge in [-0.15, -0.1) is 0 Å². The molecule has 0 aromatic heterocycles. The van der Waals surface area contributed by atoms with Crippen molar-refractivity contribution in [3.63, 3.8) is 0 Å². The van der Waals surface area contributed by atoms with Crippen molar-refractivity contribution >= 4 is 5.97 Å². The van der Waals surface area contributed by atoms with Crippen LogP contribution in [0.15, 0.2) is 42.5 Å². The van der Waals surface area contributed by atoms with Crippen LogP contribution in [0.2, 0.25) is 0 Å². The van der Waals surface area contributed by atoms with E-state index in [4.69, 9.17) is 18.9 Å². The lowest BCUT2D eigenvalue weighted by Crippen LogP contribution is -2.37. The van der Waals surface area contributed by atoms with Crippen LogP contribution in [0.3, 0.4) is 0 Å². The van der Waals surface area contributed by atoms with Crippen molar-refractivity contribution < 1.29 is 23.7 Å². The van der Waals surface area contributed by atoms with Gasteiger partial charge in [0.25, 0.3) is 0 Å². The van der Waals surface area contributed by atoms with E-state index in [1.54, 1.807) is 21.3 Å². The van der Waals surface area contributed by atoms with Crippen molar-refractivity contribution in [2.75, 3.05) is 41.5 Å². The van der Waals surface area contributed by atoms with Crippen molar-refractivity contribution in [1.29, 1.82) is 0 Å². The van der Waals surface area contributed by atoms with Gasteiger partial charge in [0.05, 0.1) is 32.8 Å². The SMILES string of the molecule is COc1cccc(C(C)(CCCN(C)CCc2ccc(OC)c(OC)c2)C(=O)OC(C)C)c1. The fourth-order valence-corrected chi connectivity index (χ4v) is 3.85. The molecule has 0 aliphatic rings. The van der Waals surface area contributed by atoms with E-state index in [9.17, 15) is 4.79 Å². The number of benzene rings is 2. The van der Waals surface area contributed by atoms with Crippen LogP contribution in [0.4, 0.5) is 0 Å². The molecule has 182 valence electrons. The first kappa shape index (κ1) is 26.5. The zero-order valence-corrected chi connectivity index (χ0v) is 21.1. The molecule has 0 radical (unpaired) electrons. The van der Waals surface area contributed by atoms with Crippen LogP contribution in [0.25, 0.3) is 0 Å². The van der Waals surface area contributed by atoms with Crippen molar-refractivity contribution in [3.8, 4) is 17.2 Å². The Morgan fingerprint density at radius 2 is 1.70 bits per heavy atom. The summed E-state index contributed by atoms with van der Waals surface area (Å²) in [5.41, 5.74) is 1.38. The highest BCUT2D eigenvalue weighted by molar-refractivity contribution is 5.83. The van der Waals surface area contributed by atoms with Crippen molar-refractivity contribution in [2.24, 2.45) is 0 Å². The molecule has 2 rings (SSSR count). The second kappa shape index (κ2) is 12.5. The van der Waals surface area contributed by atoms with Gasteiger partial charge in [-0.05, 0) is 89.0 Å². The van der Waals surface area contributed by atoms with Gasteiger partial charge in [0, 0.05) is 6.54 Å². The lowest BCUT2D eigenvalue weighted by atomic mass is 9.78. The summed E-state index contributed by atoms with van der Waals surface area (Å²) < 4.78 is 21.7. The van der Waals surface area contributed by atoms with Gasteiger partial charge < -0.3 is 23.8 Å². The Hall–Kier alpha value is -2.73. The molecule has 6 heteroatoms. The highest BCUT2D eigenvalue weighted by Gasteiger charge is 2.37. The van der Waals surface area contributed by atoms with Gasteiger partial charge in [-0.25, -0.2) is 0 Å².